The lowest BCUT2D eigenvalue weighted by Gasteiger charge is -2.11. The summed E-state index contributed by atoms with van der Waals surface area (Å²) in [6.07, 6.45) is 1.48. The van der Waals surface area contributed by atoms with Gasteiger partial charge < -0.3 is 19.5 Å². The number of nitrogens with zero attached hydrogens (tertiary/aromatic N) is 2. The first-order valence-electron chi connectivity index (χ1n) is 9.85. The number of ether oxygens (including phenoxy) is 3. The topological polar surface area (TPSA) is 91.7 Å². The van der Waals surface area contributed by atoms with Gasteiger partial charge in [0, 0.05) is 30.8 Å². The van der Waals surface area contributed by atoms with Gasteiger partial charge in [-0.2, -0.15) is 0 Å². The third-order valence-electron chi connectivity index (χ3n) is 4.63. The van der Waals surface area contributed by atoms with E-state index in [2.05, 4.69) is 10.3 Å². The van der Waals surface area contributed by atoms with E-state index in [0.29, 0.717) is 35.9 Å². The van der Waals surface area contributed by atoms with Crippen molar-refractivity contribution in [2.24, 2.45) is 0 Å². The zero-order chi connectivity index (χ0) is 22.2. The van der Waals surface area contributed by atoms with Crippen LogP contribution in [-0.2, 0) is 6.54 Å². The van der Waals surface area contributed by atoms with Crippen LogP contribution in [0.5, 0.6) is 17.2 Å². The molecule has 3 rings (SSSR count). The lowest BCUT2D eigenvalue weighted by Crippen LogP contribution is -2.31. The van der Waals surface area contributed by atoms with Crippen molar-refractivity contribution < 1.29 is 19.0 Å². The van der Waals surface area contributed by atoms with E-state index >= 15 is 0 Å². The molecule has 1 aromatic heterocycles. The molecule has 0 saturated heterocycles. The van der Waals surface area contributed by atoms with Gasteiger partial charge in [-0.15, -0.1) is 0 Å². The van der Waals surface area contributed by atoms with Crippen molar-refractivity contribution >= 4 is 5.91 Å². The first-order chi connectivity index (χ1) is 15.0. The Hall–Kier alpha value is -3.81. The average molecular weight is 423 g/mol. The minimum Gasteiger partial charge on any atom is -0.497 e. The Labute approximate surface area is 180 Å². The molecule has 1 N–H and O–H groups in total. The average Bonchev–Trinajstić information content (AvgIpc) is 2.80. The SMILES string of the molecule is CCOc1ccc(-c2cc(=O)n(CCNC(=O)c3ccc(OC)cc3OC)cn2)cc1. The van der Waals surface area contributed by atoms with Crippen LogP contribution in [-0.4, -0.2) is 42.8 Å². The van der Waals surface area contributed by atoms with Crippen LogP contribution in [0.4, 0.5) is 0 Å². The molecule has 0 spiro atoms. The van der Waals surface area contributed by atoms with Gasteiger partial charge in [-0.25, -0.2) is 4.98 Å². The molecule has 2 aromatic carbocycles. The number of amides is 1. The molecule has 0 radical (unpaired) electrons. The van der Waals surface area contributed by atoms with Crippen molar-refractivity contribution in [2.45, 2.75) is 13.5 Å². The van der Waals surface area contributed by atoms with Crippen LogP contribution >= 0.6 is 0 Å². The number of carbonyl (C=O) groups excluding carboxylic acids is 1. The summed E-state index contributed by atoms with van der Waals surface area (Å²) < 4.78 is 17.3. The molecule has 3 aromatic rings. The van der Waals surface area contributed by atoms with Crippen molar-refractivity contribution in [1.29, 1.82) is 0 Å². The Balaban J connectivity index is 1.62. The summed E-state index contributed by atoms with van der Waals surface area (Å²) >= 11 is 0. The standard InChI is InChI=1S/C23H25N3O5/c1-4-31-17-7-5-16(6-8-17)20-14-22(27)26(15-25-20)12-11-24-23(28)19-10-9-18(29-2)13-21(19)30-3/h5-10,13-15H,4,11-12H2,1-3H3,(H,24,28). The van der Waals surface area contributed by atoms with E-state index in [9.17, 15) is 9.59 Å². The molecular weight excluding hydrogens is 398 g/mol. The number of nitrogens with one attached hydrogen (secondary N) is 1. The highest BCUT2D eigenvalue weighted by Crippen LogP contribution is 2.24. The van der Waals surface area contributed by atoms with Crippen LogP contribution in [0.3, 0.4) is 0 Å². The van der Waals surface area contributed by atoms with Gasteiger partial charge in [0.05, 0.1) is 38.4 Å². The van der Waals surface area contributed by atoms with Gasteiger partial charge in [-0.3, -0.25) is 14.2 Å². The van der Waals surface area contributed by atoms with Crippen molar-refractivity contribution in [1.82, 2.24) is 14.9 Å². The maximum atomic E-state index is 12.5. The predicted molar refractivity (Wildman–Crippen MR) is 117 cm³/mol. The van der Waals surface area contributed by atoms with Gasteiger partial charge in [0.15, 0.2) is 0 Å². The molecule has 162 valence electrons. The Bertz CT molecular complexity index is 1090. The van der Waals surface area contributed by atoms with E-state index in [0.717, 1.165) is 11.3 Å². The highest BCUT2D eigenvalue weighted by molar-refractivity contribution is 5.97. The molecule has 8 nitrogen and oxygen atoms in total. The molecule has 1 heterocycles. The van der Waals surface area contributed by atoms with Gasteiger partial charge in [0.25, 0.3) is 11.5 Å². The summed E-state index contributed by atoms with van der Waals surface area (Å²) in [6.45, 7) is 3.07. The van der Waals surface area contributed by atoms with Crippen LogP contribution in [0, 0.1) is 0 Å². The molecule has 0 aliphatic carbocycles. The maximum Gasteiger partial charge on any atom is 0.255 e. The lowest BCUT2D eigenvalue weighted by atomic mass is 10.1. The van der Waals surface area contributed by atoms with Crippen LogP contribution in [0.2, 0.25) is 0 Å². The van der Waals surface area contributed by atoms with E-state index in [4.69, 9.17) is 14.2 Å². The third-order valence-corrected chi connectivity index (χ3v) is 4.63. The Kier molecular flexibility index (Phi) is 7.26. The van der Waals surface area contributed by atoms with Crippen LogP contribution in [0.25, 0.3) is 11.3 Å². The molecule has 0 aliphatic rings. The number of aromatic nitrogens is 2. The smallest absolute Gasteiger partial charge is 0.255 e. The summed E-state index contributed by atoms with van der Waals surface area (Å²) in [4.78, 5) is 29.3. The van der Waals surface area contributed by atoms with Gasteiger partial charge in [-0.1, -0.05) is 0 Å². The van der Waals surface area contributed by atoms with Crippen molar-refractivity contribution in [3.05, 3.63) is 70.8 Å². The molecule has 31 heavy (non-hydrogen) atoms. The van der Waals surface area contributed by atoms with Gasteiger partial charge >= 0.3 is 0 Å². The van der Waals surface area contributed by atoms with Gasteiger partial charge in [-0.05, 0) is 43.3 Å². The van der Waals surface area contributed by atoms with E-state index in [-0.39, 0.29) is 18.0 Å². The van der Waals surface area contributed by atoms with Crippen LogP contribution in [0.15, 0.2) is 59.7 Å². The first kappa shape index (κ1) is 21.9. The normalized spacial score (nSPS) is 10.4. The highest BCUT2D eigenvalue weighted by Gasteiger charge is 2.13. The first-order valence-corrected chi connectivity index (χ1v) is 9.85. The zero-order valence-corrected chi connectivity index (χ0v) is 17.8. The molecule has 0 saturated carbocycles. The van der Waals surface area contributed by atoms with Crippen LogP contribution in [0.1, 0.15) is 17.3 Å². The minimum absolute atomic E-state index is 0.199. The predicted octanol–water partition coefficient (Wildman–Crippen LogP) is 2.76. The molecule has 1 amide bonds. The van der Waals surface area contributed by atoms with Crippen LogP contribution < -0.4 is 25.1 Å². The second kappa shape index (κ2) is 10.3. The maximum absolute atomic E-state index is 12.5. The number of carbonyl (C=O) groups is 1. The lowest BCUT2D eigenvalue weighted by molar-refractivity contribution is 0.0949. The fraction of sp³-hybridized carbons (Fsp3) is 0.261. The van der Waals surface area contributed by atoms with Crippen molar-refractivity contribution in [3.8, 4) is 28.5 Å². The van der Waals surface area contributed by atoms with Gasteiger partial charge in [0.1, 0.15) is 17.2 Å². The second-order valence-corrected chi connectivity index (χ2v) is 6.59. The molecule has 0 atom stereocenters. The van der Waals surface area contributed by atoms with Gasteiger partial charge in [0.2, 0.25) is 0 Å². The summed E-state index contributed by atoms with van der Waals surface area (Å²) in [5.41, 5.74) is 1.60. The van der Waals surface area contributed by atoms with Crippen molar-refractivity contribution in [3.63, 3.8) is 0 Å². The number of rotatable bonds is 9. The molecule has 0 aliphatic heterocycles. The highest BCUT2D eigenvalue weighted by atomic mass is 16.5. The summed E-state index contributed by atoms with van der Waals surface area (Å²) in [7, 11) is 3.03. The molecule has 0 bridgehead atoms. The molecule has 0 fully saturated rings. The molecule has 8 heteroatoms. The summed E-state index contributed by atoms with van der Waals surface area (Å²) in [5.74, 6) is 1.48. The monoisotopic (exact) mass is 423 g/mol. The zero-order valence-electron chi connectivity index (χ0n) is 17.8. The van der Waals surface area contributed by atoms with Crippen molar-refractivity contribution in [2.75, 3.05) is 27.4 Å². The van der Waals surface area contributed by atoms with E-state index in [1.54, 1.807) is 25.3 Å². The summed E-state index contributed by atoms with van der Waals surface area (Å²) in [5, 5.41) is 2.79. The minimum atomic E-state index is -0.300. The number of benzene rings is 2. The quantitative estimate of drug-likeness (QED) is 0.569. The fourth-order valence-corrected chi connectivity index (χ4v) is 3.01. The number of hydrogen-bond donors (Lipinski definition) is 1. The third kappa shape index (κ3) is 5.42. The Morgan fingerprint density at radius 1 is 1.03 bits per heavy atom. The number of hydrogen-bond acceptors (Lipinski definition) is 6. The Morgan fingerprint density at radius 3 is 2.42 bits per heavy atom. The molecule has 0 unspecified atom stereocenters. The summed E-state index contributed by atoms with van der Waals surface area (Å²) in [6, 6.07) is 13.8. The van der Waals surface area contributed by atoms with E-state index < -0.39 is 0 Å². The van der Waals surface area contributed by atoms with E-state index in [1.165, 1.54) is 24.1 Å². The number of methoxy groups -OCH3 is 2. The fourth-order valence-electron chi connectivity index (χ4n) is 3.01. The second-order valence-electron chi connectivity index (χ2n) is 6.59. The molecular formula is C23H25N3O5. The largest absolute Gasteiger partial charge is 0.497 e. The Morgan fingerprint density at radius 2 is 1.77 bits per heavy atom. The van der Waals surface area contributed by atoms with E-state index in [1.807, 2.05) is 31.2 Å².